The third-order valence-electron chi connectivity index (χ3n) is 4.86. The van der Waals surface area contributed by atoms with E-state index in [1.165, 1.54) is 6.92 Å². The van der Waals surface area contributed by atoms with Crippen molar-refractivity contribution in [3.05, 3.63) is 63.6 Å². The number of nitrogens with zero attached hydrogens (tertiary/aromatic N) is 2. The smallest absolute Gasteiger partial charge is 0.244 e. The number of carbonyl (C=O) groups excluding carboxylic acids is 2. The van der Waals surface area contributed by atoms with E-state index in [4.69, 9.17) is 23.2 Å². The summed E-state index contributed by atoms with van der Waals surface area (Å²) in [6.07, 6.45) is 0.825. The summed E-state index contributed by atoms with van der Waals surface area (Å²) in [5, 5.41) is 3.20. The zero-order valence-corrected chi connectivity index (χ0v) is 21.3. The molecule has 34 heavy (non-hydrogen) atoms. The molecule has 2 aromatic rings. The van der Waals surface area contributed by atoms with Crippen molar-refractivity contribution in [3.8, 4) is 0 Å². The van der Waals surface area contributed by atoms with E-state index in [0.717, 1.165) is 23.3 Å². The molecule has 0 aliphatic rings. The monoisotopic (exact) mass is 535 g/mol. The Morgan fingerprint density at radius 1 is 1.03 bits per heavy atom. The third kappa shape index (κ3) is 7.04. The minimum Gasteiger partial charge on any atom is -0.352 e. The summed E-state index contributed by atoms with van der Waals surface area (Å²) in [4.78, 5) is 27.2. The fraction of sp³-hybridized carbons (Fsp3) is 0.364. The zero-order valence-electron chi connectivity index (χ0n) is 19.0. The van der Waals surface area contributed by atoms with E-state index in [1.54, 1.807) is 32.0 Å². The summed E-state index contributed by atoms with van der Waals surface area (Å²) in [6.45, 7) is 4.00. The minimum absolute atomic E-state index is 0.195. The standard InChI is InChI=1S/C22H25Cl2F2N3O4S/c1-13(2)27-22(31)14(3)28(11-16-17(23)6-5-7-18(16)24)21(30)12-29(34(4,32)33)15-8-9-19(25)20(26)10-15/h5-10,13-14H,11-12H2,1-4H3,(H,27,31)/t14-/m0/s1. The van der Waals surface area contributed by atoms with Crippen molar-refractivity contribution < 1.29 is 26.8 Å². The summed E-state index contributed by atoms with van der Waals surface area (Å²) in [5.74, 6) is -3.71. The molecule has 1 atom stereocenters. The summed E-state index contributed by atoms with van der Waals surface area (Å²) >= 11 is 12.5. The SMILES string of the molecule is CC(C)NC(=O)[C@H](C)N(Cc1c(Cl)cccc1Cl)C(=O)CN(c1ccc(F)c(F)c1)S(C)(=O)=O. The molecule has 7 nitrogen and oxygen atoms in total. The molecule has 0 fully saturated rings. The van der Waals surface area contributed by atoms with Gasteiger partial charge in [0.25, 0.3) is 0 Å². The normalized spacial score (nSPS) is 12.4. The van der Waals surface area contributed by atoms with Crippen LogP contribution in [0.4, 0.5) is 14.5 Å². The van der Waals surface area contributed by atoms with Gasteiger partial charge in [0.2, 0.25) is 21.8 Å². The van der Waals surface area contributed by atoms with Crippen molar-refractivity contribution in [2.45, 2.75) is 39.4 Å². The molecule has 0 saturated carbocycles. The molecular weight excluding hydrogens is 511 g/mol. The average Bonchev–Trinajstić information content (AvgIpc) is 2.72. The number of sulfonamides is 1. The van der Waals surface area contributed by atoms with Gasteiger partial charge in [0.05, 0.1) is 11.9 Å². The van der Waals surface area contributed by atoms with Gasteiger partial charge >= 0.3 is 0 Å². The number of amides is 2. The Hall–Kier alpha value is -2.43. The lowest BCUT2D eigenvalue weighted by Crippen LogP contribution is -2.52. The molecular formula is C22H25Cl2F2N3O4S. The highest BCUT2D eigenvalue weighted by Gasteiger charge is 2.31. The molecule has 0 unspecified atom stereocenters. The molecule has 0 aliphatic carbocycles. The van der Waals surface area contributed by atoms with E-state index in [-0.39, 0.29) is 28.3 Å². The van der Waals surface area contributed by atoms with Gasteiger partial charge in [-0.15, -0.1) is 0 Å². The average molecular weight is 536 g/mol. The number of benzene rings is 2. The Labute approximate surface area is 207 Å². The maximum Gasteiger partial charge on any atom is 0.244 e. The second-order valence-electron chi connectivity index (χ2n) is 7.93. The maximum atomic E-state index is 13.8. The van der Waals surface area contributed by atoms with Crippen molar-refractivity contribution in [1.82, 2.24) is 10.2 Å². The van der Waals surface area contributed by atoms with Crippen LogP contribution in [0.1, 0.15) is 26.3 Å². The molecule has 12 heteroatoms. The summed E-state index contributed by atoms with van der Waals surface area (Å²) in [7, 11) is -4.09. The largest absolute Gasteiger partial charge is 0.352 e. The van der Waals surface area contributed by atoms with Gasteiger partial charge in [0, 0.05) is 34.3 Å². The van der Waals surface area contributed by atoms with Crippen molar-refractivity contribution in [2.75, 3.05) is 17.1 Å². The van der Waals surface area contributed by atoms with Gasteiger partial charge in [0.1, 0.15) is 12.6 Å². The van der Waals surface area contributed by atoms with Crippen LogP contribution in [0.25, 0.3) is 0 Å². The second-order valence-corrected chi connectivity index (χ2v) is 10.7. The van der Waals surface area contributed by atoms with Crippen LogP contribution in [0.15, 0.2) is 36.4 Å². The molecule has 2 amide bonds. The quantitative estimate of drug-likeness (QED) is 0.526. The van der Waals surface area contributed by atoms with Crippen molar-refractivity contribution in [1.29, 1.82) is 0 Å². The van der Waals surface area contributed by atoms with E-state index in [1.807, 2.05) is 0 Å². The van der Waals surface area contributed by atoms with Crippen molar-refractivity contribution in [3.63, 3.8) is 0 Å². The van der Waals surface area contributed by atoms with Crippen LogP contribution in [0.3, 0.4) is 0 Å². The number of hydrogen-bond acceptors (Lipinski definition) is 4. The van der Waals surface area contributed by atoms with Crippen LogP contribution in [-0.4, -0.2) is 50.0 Å². The summed E-state index contributed by atoms with van der Waals surface area (Å²) < 4.78 is 52.6. The molecule has 0 heterocycles. The van der Waals surface area contributed by atoms with Crippen LogP contribution in [0, 0.1) is 11.6 Å². The third-order valence-corrected chi connectivity index (χ3v) is 6.71. The van der Waals surface area contributed by atoms with E-state index < -0.39 is 46.1 Å². The zero-order chi connectivity index (χ0) is 25.8. The first-order chi connectivity index (χ1) is 15.7. The highest BCUT2D eigenvalue weighted by Crippen LogP contribution is 2.27. The summed E-state index contributed by atoms with van der Waals surface area (Å²) in [5.41, 5.74) is 0.117. The molecule has 0 spiro atoms. The second kappa shape index (κ2) is 11.3. The molecule has 0 saturated heterocycles. The lowest BCUT2D eigenvalue weighted by atomic mass is 10.1. The summed E-state index contributed by atoms with van der Waals surface area (Å²) in [6, 6.07) is 5.96. The van der Waals surface area contributed by atoms with Gasteiger partial charge in [-0.05, 0) is 45.0 Å². The van der Waals surface area contributed by atoms with Gasteiger partial charge in [-0.1, -0.05) is 29.3 Å². The number of rotatable bonds is 9. The fourth-order valence-corrected chi connectivity index (χ4v) is 4.45. The Bertz CT molecular complexity index is 1160. The lowest BCUT2D eigenvalue weighted by molar-refractivity contribution is -0.139. The van der Waals surface area contributed by atoms with Crippen LogP contribution in [0.2, 0.25) is 10.0 Å². The van der Waals surface area contributed by atoms with Crippen molar-refractivity contribution >= 4 is 50.7 Å². The van der Waals surface area contributed by atoms with Crippen LogP contribution >= 0.6 is 23.2 Å². The minimum atomic E-state index is -4.09. The van der Waals surface area contributed by atoms with E-state index in [9.17, 15) is 26.8 Å². The van der Waals surface area contributed by atoms with Crippen LogP contribution in [0.5, 0.6) is 0 Å². The van der Waals surface area contributed by atoms with Crippen molar-refractivity contribution in [2.24, 2.45) is 0 Å². The molecule has 2 rings (SSSR count). The Kier molecular flexibility index (Phi) is 9.27. The molecule has 186 valence electrons. The van der Waals surface area contributed by atoms with Gasteiger partial charge < -0.3 is 10.2 Å². The highest BCUT2D eigenvalue weighted by molar-refractivity contribution is 7.92. The topological polar surface area (TPSA) is 86.8 Å². The van der Waals surface area contributed by atoms with Gasteiger partial charge in [-0.25, -0.2) is 17.2 Å². The molecule has 0 aliphatic heterocycles. The molecule has 2 aromatic carbocycles. The first kappa shape index (κ1) is 27.8. The predicted octanol–water partition coefficient (Wildman–Crippen LogP) is 3.98. The van der Waals surface area contributed by atoms with Gasteiger partial charge in [-0.2, -0.15) is 0 Å². The van der Waals surface area contributed by atoms with E-state index in [0.29, 0.717) is 15.9 Å². The van der Waals surface area contributed by atoms with Gasteiger partial charge in [-0.3, -0.25) is 13.9 Å². The van der Waals surface area contributed by atoms with E-state index in [2.05, 4.69) is 5.32 Å². The molecule has 0 aromatic heterocycles. The number of nitrogens with one attached hydrogen (secondary N) is 1. The predicted molar refractivity (Wildman–Crippen MR) is 128 cm³/mol. The lowest BCUT2D eigenvalue weighted by Gasteiger charge is -2.32. The first-order valence-electron chi connectivity index (χ1n) is 10.2. The molecule has 0 bridgehead atoms. The number of carbonyl (C=O) groups is 2. The maximum absolute atomic E-state index is 13.8. The fourth-order valence-electron chi connectivity index (χ4n) is 3.10. The Morgan fingerprint density at radius 2 is 1.62 bits per heavy atom. The molecule has 1 N–H and O–H groups in total. The highest BCUT2D eigenvalue weighted by atomic mass is 35.5. The number of anilines is 1. The first-order valence-corrected chi connectivity index (χ1v) is 12.8. The van der Waals surface area contributed by atoms with Crippen LogP contribution < -0.4 is 9.62 Å². The van der Waals surface area contributed by atoms with Gasteiger partial charge in [0.15, 0.2) is 11.6 Å². The molecule has 0 radical (unpaired) electrons. The van der Waals surface area contributed by atoms with E-state index >= 15 is 0 Å². The Morgan fingerprint density at radius 3 is 2.12 bits per heavy atom. The number of hydrogen-bond donors (Lipinski definition) is 1. The van der Waals surface area contributed by atoms with Crippen LogP contribution in [-0.2, 0) is 26.2 Å². The Balaban J connectivity index is 2.47. The number of halogens is 4.